The zero-order valence-electron chi connectivity index (χ0n) is 14.9. The van der Waals surface area contributed by atoms with Crippen LogP contribution in [0, 0.1) is 6.92 Å². The number of para-hydroxylation sites is 1. The Bertz CT molecular complexity index is 879. The lowest BCUT2D eigenvalue weighted by molar-refractivity contribution is -0.119. The number of primary amides is 1. The molecule has 132 valence electrons. The predicted octanol–water partition coefficient (Wildman–Crippen LogP) is 4.45. The Labute approximate surface area is 153 Å². The Kier molecular flexibility index (Phi) is 5.23. The fourth-order valence-corrected chi connectivity index (χ4v) is 3.01. The van der Waals surface area contributed by atoms with Gasteiger partial charge in [-0.2, -0.15) is 0 Å². The second-order valence-electron chi connectivity index (χ2n) is 6.19. The number of hydrogen-bond acceptors (Lipinski definition) is 3. The summed E-state index contributed by atoms with van der Waals surface area (Å²) in [6.45, 7) is 2.00. The molecular weight excluding hydrogens is 324 g/mol. The molecule has 0 aliphatic rings. The molecule has 0 fully saturated rings. The number of nitrogens with zero attached hydrogens (tertiary/aromatic N) is 1. The van der Waals surface area contributed by atoms with Gasteiger partial charge in [-0.15, -0.1) is 0 Å². The fourth-order valence-electron chi connectivity index (χ4n) is 3.01. The van der Waals surface area contributed by atoms with Gasteiger partial charge < -0.3 is 15.4 Å². The molecule has 0 aliphatic carbocycles. The highest BCUT2D eigenvalue weighted by Gasteiger charge is 2.24. The second-order valence-corrected chi connectivity index (χ2v) is 6.19. The van der Waals surface area contributed by atoms with E-state index in [1.165, 1.54) is 0 Å². The minimum Gasteiger partial charge on any atom is -0.457 e. The number of carbonyl (C=O) groups excluding carboxylic acids is 1. The lowest BCUT2D eigenvalue weighted by Crippen LogP contribution is -2.35. The summed E-state index contributed by atoms with van der Waals surface area (Å²) in [6.07, 6.45) is 0. The first kappa shape index (κ1) is 17.5. The zero-order valence-corrected chi connectivity index (χ0v) is 14.9. The van der Waals surface area contributed by atoms with Crippen LogP contribution in [0.1, 0.15) is 17.2 Å². The highest BCUT2D eigenvalue weighted by Crippen LogP contribution is 2.32. The standard InChI is InChI=1S/C22H22N2O2/c1-16-13-14-19(26-18-11-7-4-8-12-18)15-20(16)24(2)21(22(23)25)17-9-5-3-6-10-17/h3-15,21H,1-2H3,(H2,23,25)/t21-/m0/s1. The van der Waals surface area contributed by atoms with Crippen molar-refractivity contribution in [2.75, 3.05) is 11.9 Å². The van der Waals surface area contributed by atoms with Gasteiger partial charge in [0.25, 0.3) is 0 Å². The van der Waals surface area contributed by atoms with Crippen molar-refractivity contribution in [2.45, 2.75) is 13.0 Å². The second kappa shape index (κ2) is 7.74. The lowest BCUT2D eigenvalue weighted by Gasteiger charge is -2.29. The third-order valence-electron chi connectivity index (χ3n) is 4.31. The van der Waals surface area contributed by atoms with Gasteiger partial charge >= 0.3 is 0 Å². The largest absolute Gasteiger partial charge is 0.457 e. The maximum Gasteiger partial charge on any atom is 0.244 e. The minimum atomic E-state index is -0.554. The molecule has 26 heavy (non-hydrogen) atoms. The summed E-state index contributed by atoms with van der Waals surface area (Å²) in [5, 5.41) is 0. The summed E-state index contributed by atoms with van der Waals surface area (Å²) in [4.78, 5) is 14.0. The average molecular weight is 346 g/mol. The van der Waals surface area contributed by atoms with Crippen molar-refractivity contribution < 1.29 is 9.53 Å². The minimum absolute atomic E-state index is 0.396. The molecule has 0 saturated carbocycles. The molecule has 0 unspecified atom stereocenters. The molecule has 4 nitrogen and oxygen atoms in total. The van der Waals surface area contributed by atoms with Crippen LogP contribution in [0.2, 0.25) is 0 Å². The number of rotatable bonds is 6. The summed E-state index contributed by atoms with van der Waals surface area (Å²) >= 11 is 0. The van der Waals surface area contributed by atoms with E-state index in [0.29, 0.717) is 5.75 Å². The fraction of sp³-hybridized carbons (Fsp3) is 0.136. The summed E-state index contributed by atoms with van der Waals surface area (Å²) in [5.74, 6) is 1.08. The van der Waals surface area contributed by atoms with Crippen LogP contribution in [0.4, 0.5) is 5.69 Å². The normalized spacial score (nSPS) is 11.6. The van der Waals surface area contributed by atoms with E-state index >= 15 is 0 Å². The Morgan fingerprint density at radius 3 is 2.15 bits per heavy atom. The van der Waals surface area contributed by atoms with Gasteiger partial charge in [0.05, 0.1) is 0 Å². The Balaban J connectivity index is 1.94. The lowest BCUT2D eigenvalue weighted by atomic mass is 10.0. The van der Waals surface area contributed by atoms with E-state index in [-0.39, 0.29) is 0 Å². The van der Waals surface area contributed by atoms with Crippen molar-refractivity contribution in [1.82, 2.24) is 0 Å². The zero-order chi connectivity index (χ0) is 18.5. The smallest absolute Gasteiger partial charge is 0.244 e. The van der Waals surface area contributed by atoms with Crippen molar-refractivity contribution in [2.24, 2.45) is 5.73 Å². The van der Waals surface area contributed by atoms with Gasteiger partial charge in [0, 0.05) is 18.8 Å². The van der Waals surface area contributed by atoms with E-state index in [1.54, 1.807) is 0 Å². The van der Waals surface area contributed by atoms with Crippen molar-refractivity contribution >= 4 is 11.6 Å². The highest BCUT2D eigenvalue weighted by atomic mass is 16.5. The number of carbonyl (C=O) groups is 1. The van der Waals surface area contributed by atoms with Crippen LogP contribution < -0.4 is 15.4 Å². The molecule has 2 N–H and O–H groups in total. The van der Waals surface area contributed by atoms with Gasteiger partial charge in [0.1, 0.15) is 17.5 Å². The number of amides is 1. The van der Waals surface area contributed by atoms with Crippen LogP contribution in [0.25, 0.3) is 0 Å². The molecule has 0 bridgehead atoms. The van der Waals surface area contributed by atoms with E-state index in [9.17, 15) is 4.79 Å². The third-order valence-corrected chi connectivity index (χ3v) is 4.31. The van der Waals surface area contributed by atoms with Crippen molar-refractivity contribution in [1.29, 1.82) is 0 Å². The summed E-state index contributed by atoms with van der Waals surface area (Å²) < 4.78 is 5.93. The quantitative estimate of drug-likeness (QED) is 0.717. The molecule has 3 aromatic carbocycles. The predicted molar refractivity (Wildman–Crippen MR) is 104 cm³/mol. The molecule has 0 radical (unpaired) electrons. The van der Waals surface area contributed by atoms with Crippen LogP contribution >= 0.6 is 0 Å². The van der Waals surface area contributed by atoms with Crippen LogP contribution in [0.15, 0.2) is 78.9 Å². The number of aryl methyl sites for hydroxylation is 1. The van der Waals surface area contributed by atoms with Crippen molar-refractivity contribution in [3.63, 3.8) is 0 Å². The van der Waals surface area contributed by atoms with Gasteiger partial charge in [-0.25, -0.2) is 0 Å². The van der Waals surface area contributed by atoms with Crippen molar-refractivity contribution in [3.8, 4) is 11.5 Å². The molecule has 3 rings (SSSR count). The van der Waals surface area contributed by atoms with E-state index in [1.807, 2.05) is 97.7 Å². The number of likely N-dealkylation sites (N-methyl/N-ethyl adjacent to an activating group) is 1. The summed E-state index contributed by atoms with van der Waals surface area (Å²) in [5.41, 5.74) is 8.50. The first-order valence-electron chi connectivity index (χ1n) is 8.47. The highest BCUT2D eigenvalue weighted by molar-refractivity contribution is 5.85. The molecule has 0 saturated heterocycles. The number of benzene rings is 3. The SMILES string of the molecule is Cc1ccc(Oc2ccccc2)cc1N(C)[C@H](C(N)=O)c1ccccc1. The van der Waals surface area contributed by atoms with Gasteiger partial charge in [-0.3, -0.25) is 4.79 Å². The van der Waals surface area contributed by atoms with Crippen LogP contribution in [-0.2, 0) is 4.79 Å². The maximum atomic E-state index is 12.2. The molecule has 3 aromatic rings. The van der Waals surface area contributed by atoms with E-state index < -0.39 is 11.9 Å². The molecule has 0 spiro atoms. The molecule has 1 amide bonds. The van der Waals surface area contributed by atoms with Gasteiger partial charge in [-0.1, -0.05) is 54.6 Å². The van der Waals surface area contributed by atoms with Crippen LogP contribution in [-0.4, -0.2) is 13.0 Å². The molecular formula is C22H22N2O2. The van der Waals surface area contributed by atoms with E-state index in [4.69, 9.17) is 10.5 Å². The average Bonchev–Trinajstić information content (AvgIpc) is 2.65. The Morgan fingerprint density at radius 1 is 0.923 bits per heavy atom. The third kappa shape index (κ3) is 3.86. The Morgan fingerprint density at radius 2 is 1.54 bits per heavy atom. The molecule has 0 aliphatic heterocycles. The monoisotopic (exact) mass is 346 g/mol. The summed E-state index contributed by atoms with van der Waals surface area (Å²) in [6, 6.07) is 24.4. The first-order chi connectivity index (χ1) is 12.6. The van der Waals surface area contributed by atoms with E-state index in [0.717, 1.165) is 22.6 Å². The van der Waals surface area contributed by atoms with Gasteiger partial charge in [0.2, 0.25) is 5.91 Å². The topological polar surface area (TPSA) is 55.6 Å². The molecule has 4 heteroatoms. The van der Waals surface area contributed by atoms with Gasteiger partial charge in [0.15, 0.2) is 0 Å². The number of nitrogens with two attached hydrogens (primary N) is 1. The molecule has 0 aromatic heterocycles. The molecule has 0 heterocycles. The van der Waals surface area contributed by atoms with Gasteiger partial charge in [-0.05, 0) is 36.2 Å². The van der Waals surface area contributed by atoms with Crippen LogP contribution in [0.3, 0.4) is 0 Å². The van der Waals surface area contributed by atoms with Crippen LogP contribution in [0.5, 0.6) is 11.5 Å². The number of ether oxygens (including phenoxy) is 1. The Hall–Kier alpha value is -3.27. The maximum absolute atomic E-state index is 12.2. The molecule has 1 atom stereocenters. The van der Waals surface area contributed by atoms with Crippen molar-refractivity contribution in [3.05, 3.63) is 90.0 Å². The number of hydrogen-bond donors (Lipinski definition) is 1. The summed E-state index contributed by atoms with van der Waals surface area (Å²) in [7, 11) is 1.87. The number of anilines is 1. The van der Waals surface area contributed by atoms with E-state index in [2.05, 4.69) is 0 Å². The first-order valence-corrected chi connectivity index (χ1v) is 8.47.